The van der Waals surface area contributed by atoms with Gasteiger partial charge in [0.25, 0.3) is 0 Å². The van der Waals surface area contributed by atoms with E-state index in [0.717, 1.165) is 50.5 Å². The van der Waals surface area contributed by atoms with Crippen LogP contribution in [0.1, 0.15) is 33.1 Å². The van der Waals surface area contributed by atoms with Crippen molar-refractivity contribution in [1.29, 1.82) is 0 Å². The molecular weight excluding hydrogens is 280 g/mol. The lowest BCUT2D eigenvalue weighted by Crippen LogP contribution is -2.38. The van der Waals surface area contributed by atoms with Gasteiger partial charge < -0.3 is 19.7 Å². The molecule has 0 saturated carbocycles. The largest absolute Gasteiger partial charge is 0.494 e. The van der Waals surface area contributed by atoms with Gasteiger partial charge in [0.15, 0.2) is 0 Å². The molecule has 1 saturated heterocycles. The highest BCUT2D eigenvalue weighted by Crippen LogP contribution is 2.17. The third-order valence-electron chi connectivity index (χ3n) is 3.61. The Bertz CT molecular complexity index is 461. The lowest BCUT2D eigenvalue weighted by molar-refractivity contribution is 0.0718. The summed E-state index contributed by atoms with van der Waals surface area (Å²) in [5.74, 6) is 0.836. The van der Waals surface area contributed by atoms with Gasteiger partial charge in [-0.05, 0) is 44.0 Å². The average Bonchev–Trinajstić information content (AvgIpc) is 2.74. The topological polar surface area (TPSA) is 50.8 Å². The van der Waals surface area contributed by atoms with Crippen LogP contribution < -0.4 is 10.1 Å². The van der Waals surface area contributed by atoms with Crippen molar-refractivity contribution in [1.82, 2.24) is 4.90 Å². The molecule has 0 bridgehead atoms. The minimum Gasteiger partial charge on any atom is -0.494 e. The number of nitrogens with one attached hydrogen (secondary N) is 1. The van der Waals surface area contributed by atoms with Gasteiger partial charge >= 0.3 is 6.03 Å². The molecule has 1 aliphatic rings. The zero-order valence-corrected chi connectivity index (χ0v) is 13.5. The van der Waals surface area contributed by atoms with Gasteiger partial charge in [-0.15, -0.1) is 0 Å². The monoisotopic (exact) mass is 306 g/mol. The van der Waals surface area contributed by atoms with Crippen LogP contribution in [0.4, 0.5) is 10.5 Å². The first-order chi connectivity index (χ1) is 10.7. The van der Waals surface area contributed by atoms with E-state index < -0.39 is 0 Å². The number of unbranched alkanes of at least 4 members (excludes halogenated alkanes) is 1. The number of nitrogens with zero attached hydrogens (tertiary/aromatic N) is 1. The quantitative estimate of drug-likeness (QED) is 0.847. The zero-order valence-electron chi connectivity index (χ0n) is 13.5. The molecule has 0 unspecified atom stereocenters. The maximum absolute atomic E-state index is 12.3. The summed E-state index contributed by atoms with van der Waals surface area (Å²) in [5, 5.41) is 2.93. The van der Waals surface area contributed by atoms with Crippen molar-refractivity contribution in [2.45, 2.75) is 39.2 Å². The summed E-state index contributed by atoms with van der Waals surface area (Å²) < 4.78 is 11.2. The number of carbonyl (C=O) groups is 1. The predicted octanol–water partition coefficient (Wildman–Crippen LogP) is 3.51. The van der Waals surface area contributed by atoms with E-state index in [9.17, 15) is 4.79 Å². The fourth-order valence-corrected chi connectivity index (χ4v) is 2.35. The van der Waals surface area contributed by atoms with Gasteiger partial charge in [0.1, 0.15) is 5.75 Å². The molecule has 0 aromatic heterocycles. The first-order valence-electron chi connectivity index (χ1n) is 8.09. The van der Waals surface area contributed by atoms with Crippen molar-refractivity contribution < 1.29 is 14.3 Å². The van der Waals surface area contributed by atoms with Gasteiger partial charge in [0.2, 0.25) is 0 Å². The summed E-state index contributed by atoms with van der Waals surface area (Å²) in [5.41, 5.74) is 0.783. The van der Waals surface area contributed by atoms with Crippen LogP contribution in [0.15, 0.2) is 24.3 Å². The fraction of sp³-hybridized carbons (Fsp3) is 0.588. The van der Waals surface area contributed by atoms with E-state index in [1.54, 1.807) is 0 Å². The summed E-state index contributed by atoms with van der Waals surface area (Å²) in [4.78, 5) is 14.1. The highest BCUT2D eigenvalue weighted by atomic mass is 16.5. The Labute approximate surface area is 132 Å². The first kappa shape index (κ1) is 16.6. The lowest BCUT2D eigenvalue weighted by Gasteiger charge is -2.22. The van der Waals surface area contributed by atoms with E-state index in [4.69, 9.17) is 9.47 Å². The Kier molecular flexibility index (Phi) is 6.52. The molecule has 1 aliphatic heterocycles. The molecule has 1 aromatic carbocycles. The second kappa shape index (κ2) is 8.63. The number of amides is 2. The van der Waals surface area contributed by atoms with E-state index in [1.165, 1.54) is 0 Å². The molecule has 5 nitrogen and oxygen atoms in total. The minimum atomic E-state index is -0.0722. The Morgan fingerprint density at radius 2 is 2.18 bits per heavy atom. The molecule has 0 spiro atoms. The molecular formula is C17H26N2O3. The highest BCUT2D eigenvalue weighted by Gasteiger charge is 2.19. The summed E-state index contributed by atoms with van der Waals surface area (Å²) in [7, 11) is 0. The Hall–Kier alpha value is -1.75. The van der Waals surface area contributed by atoms with Crippen molar-refractivity contribution in [3.63, 3.8) is 0 Å². The number of hydrogen-bond donors (Lipinski definition) is 1. The number of hydrogen-bond acceptors (Lipinski definition) is 3. The summed E-state index contributed by atoms with van der Waals surface area (Å²) in [6.45, 7) is 6.94. The zero-order chi connectivity index (χ0) is 15.8. The van der Waals surface area contributed by atoms with Gasteiger partial charge in [-0.25, -0.2) is 4.79 Å². The van der Waals surface area contributed by atoms with E-state index >= 15 is 0 Å². The van der Waals surface area contributed by atoms with Crippen molar-refractivity contribution in [2.24, 2.45) is 0 Å². The molecule has 0 radical (unpaired) electrons. The van der Waals surface area contributed by atoms with Crippen LogP contribution in [-0.2, 0) is 4.74 Å². The van der Waals surface area contributed by atoms with Crippen molar-refractivity contribution in [3.05, 3.63) is 24.3 Å². The first-order valence-corrected chi connectivity index (χ1v) is 8.09. The number of anilines is 1. The van der Waals surface area contributed by atoms with Gasteiger partial charge in [-0.1, -0.05) is 13.3 Å². The molecule has 22 heavy (non-hydrogen) atoms. The van der Waals surface area contributed by atoms with Crippen LogP contribution in [0, 0.1) is 0 Å². The van der Waals surface area contributed by atoms with E-state index in [-0.39, 0.29) is 12.1 Å². The molecule has 1 aromatic rings. The number of urea groups is 1. The smallest absolute Gasteiger partial charge is 0.321 e. The van der Waals surface area contributed by atoms with Crippen LogP contribution >= 0.6 is 0 Å². The fourth-order valence-electron chi connectivity index (χ4n) is 2.35. The second-order valence-electron chi connectivity index (χ2n) is 5.64. The Morgan fingerprint density at radius 1 is 1.41 bits per heavy atom. The number of benzene rings is 1. The van der Waals surface area contributed by atoms with Gasteiger partial charge in [-0.3, -0.25) is 0 Å². The lowest BCUT2D eigenvalue weighted by atomic mass is 10.3. The van der Waals surface area contributed by atoms with E-state index in [0.29, 0.717) is 6.54 Å². The van der Waals surface area contributed by atoms with Gasteiger partial charge in [0.05, 0.1) is 12.7 Å². The van der Waals surface area contributed by atoms with Crippen LogP contribution in [0.3, 0.4) is 0 Å². The van der Waals surface area contributed by atoms with Gasteiger partial charge in [0, 0.05) is 25.4 Å². The van der Waals surface area contributed by atoms with Crippen molar-refractivity contribution in [2.75, 3.05) is 31.6 Å². The Balaban J connectivity index is 1.85. The standard InChI is InChI=1S/C17H26N2O3/c1-3-4-11-22-16-8-6-15(7-9-16)18-17(20)19-10-5-12-21-14(2)13-19/h6-9,14H,3-5,10-13H2,1-2H3,(H,18,20)/t14-/m0/s1. The molecule has 0 aliphatic carbocycles. The number of ether oxygens (including phenoxy) is 2. The van der Waals surface area contributed by atoms with Crippen LogP contribution in [0.25, 0.3) is 0 Å². The molecule has 2 amide bonds. The maximum Gasteiger partial charge on any atom is 0.321 e. The van der Waals surface area contributed by atoms with E-state index in [2.05, 4.69) is 12.2 Å². The average molecular weight is 306 g/mol. The van der Waals surface area contributed by atoms with Crippen molar-refractivity contribution in [3.8, 4) is 5.75 Å². The molecule has 5 heteroatoms. The SMILES string of the molecule is CCCCOc1ccc(NC(=O)N2CCCO[C@@H](C)C2)cc1. The third-order valence-corrected chi connectivity index (χ3v) is 3.61. The number of rotatable bonds is 5. The molecule has 1 N–H and O–H groups in total. The summed E-state index contributed by atoms with van der Waals surface area (Å²) >= 11 is 0. The van der Waals surface area contributed by atoms with Crippen LogP contribution in [-0.4, -0.2) is 43.3 Å². The molecule has 1 fully saturated rings. The maximum atomic E-state index is 12.3. The third kappa shape index (κ3) is 5.22. The van der Waals surface area contributed by atoms with Gasteiger partial charge in [-0.2, -0.15) is 0 Å². The normalized spacial score (nSPS) is 18.6. The predicted molar refractivity (Wildman–Crippen MR) is 87.5 cm³/mol. The molecule has 2 rings (SSSR count). The summed E-state index contributed by atoms with van der Waals surface area (Å²) in [6, 6.07) is 7.45. The minimum absolute atomic E-state index is 0.0722. The molecule has 1 atom stereocenters. The Morgan fingerprint density at radius 3 is 2.91 bits per heavy atom. The van der Waals surface area contributed by atoms with Crippen molar-refractivity contribution >= 4 is 11.7 Å². The summed E-state index contributed by atoms with van der Waals surface area (Å²) in [6.07, 6.45) is 3.13. The van der Waals surface area contributed by atoms with Crippen LogP contribution in [0.2, 0.25) is 0 Å². The molecule has 122 valence electrons. The highest BCUT2D eigenvalue weighted by molar-refractivity contribution is 5.89. The van der Waals surface area contributed by atoms with Crippen LogP contribution in [0.5, 0.6) is 5.75 Å². The molecule has 1 heterocycles. The number of carbonyl (C=O) groups excluding carboxylic acids is 1. The van der Waals surface area contributed by atoms with E-state index in [1.807, 2.05) is 36.1 Å². The second-order valence-corrected chi connectivity index (χ2v) is 5.64.